The van der Waals surface area contributed by atoms with Crippen molar-refractivity contribution in [3.05, 3.63) is 35.9 Å². The van der Waals surface area contributed by atoms with Crippen molar-refractivity contribution in [3.8, 4) is 0 Å². The fraction of sp³-hybridized carbons (Fsp3) is 0.571. The smallest absolute Gasteiger partial charge is 0.0481 e. The lowest BCUT2D eigenvalue weighted by Gasteiger charge is -2.43. The Kier molecular flexibility index (Phi) is 4.51. The van der Waals surface area contributed by atoms with Crippen LogP contribution in [0.5, 0.6) is 0 Å². The molecule has 2 nitrogen and oxygen atoms in total. The SMILES string of the molecule is CCC(CC)(C(N)c1ccccc1)N(C)C. The molecule has 1 atom stereocenters. The van der Waals surface area contributed by atoms with E-state index in [1.807, 2.05) is 6.07 Å². The molecule has 0 spiro atoms. The van der Waals surface area contributed by atoms with Crippen molar-refractivity contribution in [3.63, 3.8) is 0 Å². The van der Waals surface area contributed by atoms with Gasteiger partial charge < -0.3 is 10.6 Å². The lowest BCUT2D eigenvalue weighted by atomic mass is 9.80. The third kappa shape index (κ3) is 2.28. The van der Waals surface area contributed by atoms with E-state index >= 15 is 0 Å². The van der Waals surface area contributed by atoms with Gasteiger partial charge in [-0.2, -0.15) is 0 Å². The standard InChI is InChI=1S/C14H24N2/c1-5-14(6-2,16(3)4)13(15)12-10-8-7-9-11-12/h7-11,13H,5-6,15H2,1-4H3. The fourth-order valence-electron chi connectivity index (χ4n) is 2.57. The van der Waals surface area contributed by atoms with Crippen molar-refractivity contribution in [1.29, 1.82) is 0 Å². The van der Waals surface area contributed by atoms with Crippen LogP contribution in [0.4, 0.5) is 0 Å². The number of hydrogen-bond acceptors (Lipinski definition) is 2. The van der Waals surface area contributed by atoms with Crippen LogP contribution in [0.2, 0.25) is 0 Å². The minimum Gasteiger partial charge on any atom is -0.322 e. The van der Waals surface area contributed by atoms with Gasteiger partial charge in [-0.1, -0.05) is 44.2 Å². The second-order valence-corrected chi connectivity index (χ2v) is 4.59. The molecule has 16 heavy (non-hydrogen) atoms. The van der Waals surface area contributed by atoms with Gasteiger partial charge in [0.05, 0.1) is 0 Å². The van der Waals surface area contributed by atoms with Gasteiger partial charge in [0.15, 0.2) is 0 Å². The maximum atomic E-state index is 6.45. The first-order chi connectivity index (χ1) is 7.58. The van der Waals surface area contributed by atoms with Crippen LogP contribution in [0.15, 0.2) is 30.3 Å². The van der Waals surface area contributed by atoms with Gasteiger partial charge in [-0.05, 0) is 32.5 Å². The molecule has 0 aliphatic carbocycles. The molecule has 1 unspecified atom stereocenters. The van der Waals surface area contributed by atoms with E-state index < -0.39 is 0 Å². The third-order valence-electron chi connectivity index (χ3n) is 3.85. The number of rotatable bonds is 5. The lowest BCUT2D eigenvalue weighted by Crippen LogP contribution is -2.51. The number of nitrogens with zero attached hydrogens (tertiary/aromatic N) is 1. The molecule has 90 valence electrons. The van der Waals surface area contributed by atoms with Crippen molar-refractivity contribution in [2.75, 3.05) is 14.1 Å². The average Bonchev–Trinajstić information content (AvgIpc) is 2.32. The zero-order valence-corrected chi connectivity index (χ0v) is 10.9. The van der Waals surface area contributed by atoms with Gasteiger partial charge in [-0.3, -0.25) is 0 Å². The molecule has 0 fully saturated rings. The van der Waals surface area contributed by atoms with E-state index in [9.17, 15) is 0 Å². The summed E-state index contributed by atoms with van der Waals surface area (Å²) in [6.45, 7) is 4.43. The maximum Gasteiger partial charge on any atom is 0.0481 e. The van der Waals surface area contributed by atoms with E-state index in [1.54, 1.807) is 0 Å². The largest absolute Gasteiger partial charge is 0.322 e. The Morgan fingerprint density at radius 1 is 1.12 bits per heavy atom. The van der Waals surface area contributed by atoms with Gasteiger partial charge in [0.2, 0.25) is 0 Å². The van der Waals surface area contributed by atoms with Crippen molar-refractivity contribution in [2.45, 2.75) is 38.3 Å². The zero-order chi connectivity index (χ0) is 12.2. The van der Waals surface area contributed by atoms with Crippen LogP contribution in [0, 0.1) is 0 Å². The van der Waals surface area contributed by atoms with Gasteiger partial charge in [-0.25, -0.2) is 0 Å². The van der Waals surface area contributed by atoms with Crippen LogP contribution in [-0.4, -0.2) is 24.5 Å². The first-order valence-electron chi connectivity index (χ1n) is 6.06. The van der Waals surface area contributed by atoms with Gasteiger partial charge in [-0.15, -0.1) is 0 Å². The minimum absolute atomic E-state index is 0.0569. The Hall–Kier alpha value is -0.860. The number of hydrogen-bond donors (Lipinski definition) is 1. The number of benzene rings is 1. The number of likely N-dealkylation sites (N-methyl/N-ethyl adjacent to an activating group) is 1. The fourth-order valence-corrected chi connectivity index (χ4v) is 2.57. The summed E-state index contributed by atoms with van der Waals surface area (Å²) >= 11 is 0. The van der Waals surface area contributed by atoms with E-state index in [2.05, 4.69) is 57.1 Å². The topological polar surface area (TPSA) is 29.3 Å². The molecule has 0 radical (unpaired) electrons. The van der Waals surface area contributed by atoms with Crippen molar-refractivity contribution >= 4 is 0 Å². The second-order valence-electron chi connectivity index (χ2n) is 4.59. The van der Waals surface area contributed by atoms with E-state index in [0.29, 0.717) is 0 Å². The molecule has 0 aliphatic heterocycles. The Morgan fingerprint density at radius 2 is 1.62 bits per heavy atom. The molecule has 1 rings (SSSR count). The summed E-state index contributed by atoms with van der Waals surface area (Å²) in [4.78, 5) is 2.27. The van der Waals surface area contributed by atoms with E-state index in [4.69, 9.17) is 5.73 Å². The van der Waals surface area contributed by atoms with Gasteiger partial charge >= 0.3 is 0 Å². The summed E-state index contributed by atoms with van der Waals surface area (Å²) in [5.74, 6) is 0. The highest BCUT2D eigenvalue weighted by Gasteiger charge is 2.36. The summed E-state index contributed by atoms with van der Waals surface area (Å²) in [7, 11) is 4.24. The molecule has 0 saturated carbocycles. The number of nitrogens with two attached hydrogens (primary N) is 1. The predicted octanol–water partition coefficient (Wildman–Crippen LogP) is 2.81. The molecule has 2 N–H and O–H groups in total. The van der Waals surface area contributed by atoms with E-state index in [-0.39, 0.29) is 11.6 Å². The summed E-state index contributed by atoms with van der Waals surface area (Å²) in [6.07, 6.45) is 2.12. The zero-order valence-electron chi connectivity index (χ0n) is 10.9. The molecule has 1 aromatic rings. The molecule has 0 saturated heterocycles. The van der Waals surface area contributed by atoms with Crippen molar-refractivity contribution < 1.29 is 0 Å². The quantitative estimate of drug-likeness (QED) is 0.826. The van der Waals surface area contributed by atoms with Crippen molar-refractivity contribution in [2.24, 2.45) is 5.73 Å². The monoisotopic (exact) mass is 220 g/mol. The summed E-state index contributed by atoms with van der Waals surface area (Å²) in [5, 5.41) is 0. The highest BCUT2D eigenvalue weighted by atomic mass is 15.2. The van der Waals surface area contributed by atoms with Crippen LogP contribution in [0.25, 0.3) is 0 Å². The Labute approximate surface area is 99.5 Å². The average molecular weight is 220 g/mol. The summed E-state index contributed by atoms with van der Waals surface area (Å²) in [6, 6.07) is 10.5. The van der Waals surface area contributed by atoms with Crippen LogP contribution < -0.4 is 5.73 Å². The van der Waals surface area contributed by atoms with Crippen LogP contribution in [-0.2, 0) is 0 Å². The minimum atomic E-state index is 0.0569. The molecule has 0 aromatic heterocycles. The molecule has 0 amide bonds. The van der Waals surface area contributed by atoms with E-state index in [0.717, 1.165) is 12.8 Å². The van der Waals surface area contributed by atoms with E-state index in [1.165, 1.54) is 5.56 Å². The molecule has 1 aromatic carbocycles. The lowest BCUT2D eigenvalue weighted by molar-refractivity contribution is 0.106. The molecule has 0 aliphatic rings. The van der Waals surface area contributed by atoms with Crippen LogP contribution >= 0.6 is 0 Å². The Bertz CT molecular complexity index is 302. The maximum absolute atomic E-state index is 6.45. The highest BCUT2D eigenvalue weighted by Crippen LogP contribution is 2.33. The first kappa shape index (κ1) is 13.2. The van der Waals surface area contributed by atoms with Crippen LogP contribution in [0.1, 0.15) is 38.3 Å². The summed E-state index contributed by atoms with van der Waals surface area (Å²) in [5.41, 5.74) is 7.73. The predicted molar refractivity (Wildman–Crippen MR) is 70.4 cm³/mol. The van der Waals surface area contributed by atoms with Crippen molar-refractivity contribution in [1.82, 2.24) is 4.90 Å². The first-order valence-corrected chi connectivity index (χ1v) is 6.06. The molecular formula is C14H24N2. The molecule has 2 heteroatoms. The highest BCUT2D eigenvalue weighted by molar-refractivity contribution is 5.22. The van der Waals surface area contributed by atoms with Gasteiger partial charge in [0.25, 0.3) is 0 Å². The molecule has 0 heterocycles. The third-order valence-corrected chi connectivity index (χ3v) is 3.85. The molecular weight excluding hydrogens is 196 g/mol. The summed E-state index contributed by atoms with van der Waals surface area (Å²) < 4.78 is 0. The second kappa shape index (κ2) is 5.46. The van der Waals surface area contributed by atoms with Crippen LogP contribution in [0.3, 0.4) is 0 Å². The normalized spacial score (nSPS) is 14.1. The Morgan fingerprint density at radius 3 is 2.00 bits per heavy atom. The van der Waals surface area contributed by atoms with Gasteiger partial charge in [0, 0.05) is 11.6 Å². The Balaban J connectivity index is 3.05. The van der Waals surface area contributed by atoms with Gasteiger partial charge in [0.1, 0.15) is 0 Å². The molecule has 0 bridgehead atoms.